The van der Waals surface area contributed by atoms with E-state index in [1.807, 2.05) is 13.8 Å². The highest BCUT2D eigenvalue weighted by Gasteiger charge is 2.38. The number of carboxylic acid groups (broad SMARTS) is 1. The van der Waals surface area contributed by atoms with Crippen molar-refractivity contribution in [3.63, 3.8) is 0 Å². The van der Waals surface area contributed by atoms with Crippen LogP contribution >= 0.6 is 0 Å². The van der Waals surface area contributed by atoms with E-state index in [9.17, 15) is 38.9 Å². The van der Waals surface area contributed by atoms with E-state index in [2.05, 4.69) is 21.3 Å². The van der Waals surface area contributed by atoms with Gasteiger partial charge in [0.05, 0.1) is 11.3 Å². The van der Waals surface area contributed by atoms with E-state index in [0.29, 0.717) is 24.9 Å². The number of non-ortho nitro benzene ring substituents is 1. The maximum atomic E-state index is 13.3. The summed E-state index contributed by atoms with van der Waals surface area (Å²) in [4.78, 5) is 86.1. The monoisotopic (exact) mass is 590 g/mol. The van der Waals surface area contributed by atoms with Crippen LogP contribution in [0.5, 0.6) is 0 Å². The Morgan fingerprint density at radius 2 is 1.60 bits per heavy atom. The molecule has 1 aliphatic heterocycles. The number of carbonyl (C=O) groups is 6. The summed E-state index contributed by atoms with van der Waals surface area (Å²) in [5, 5.41) is 29.8. The maximum absolute atomic E-state index is 13.3. The Morgan fingerprint density at radius 1 is 0.952 bits per heavy atom. The summed E-state index contributed by atoms with van der Waals surface area (Å²) in [5.74, 6) is -3.94. The van der Waals surface area contributed by atoms with Crippen molar-refractivity contribution in [2.75, 3.05) is 11.9 Å². The van der Waals surface area contributed by atoms with Crippen LogP contribution in [0.4, 0.5) is 11.4 Å². The Morgan fingerprint density at radius 3 is 2.17 bits per heavy atom. The lowest BCUT2D eigenvalue weighted by Gasteiger charge is -2.29. The minimum absolute atomic E-state index is 0.0288. The molecule has 5 amide bonds. The normalized spacial score (nSPS) is 16.6. The van der Waals surface area contributed by atoms with Crippen LogP contribution < -0.4 is 21.3 Å². The average molecular weight is 591 g/mol. The molecular weight excluding hydrogens is 552 g/mol. The number of anilines is 1. The van der Waals surface area contributed by atoms with Crippen LogP contribution in [0.15, 0.2) is 24.3 Å². The second-order valence-corrected chi connectivity index (χ2v) is 10.6. The third-order valence-corrected chi connectivity index (χ3v) is 6.59. The summed E-state index contributed by atoms with van der Waals surface area (Å²) >= 11 is 0. The number of nitrogens with one attached hydrogen (secondary N) is 4. The molecule has 15 heteroatoms. The van der Waals surface area contributed by atoms with Gasteiger partial charge in [0.15, 0.2) is 0 Å². The number of nitro groups is 1. The van der Waals surface area contributed by atoms with Gasteiger partial charge in [0.25, 0.3) is 5.69 Å². The minimum atomic E-state index is -1.15. The highest BCUT2D eigenvalue weighted by Crippen LogP contribution is 2.20. The third-order valence-electron chi connectivity index (χ3n) is 6.59. The highest BCUT2D eigenvalue weighted by molar-refractivity contribution is 5.99. The van der Waals surface area contributed by atoms with Gasteiger partial charge in [0, 0.05) is 30.8 Å². The molecule has 0 aromatic heterocycles. The molecule has 4 atom stereocenters. The Labute approximate surface area is 242 Å². The zero-order chi connectivity index (χ0) is 31.6. The smallest absolute Gasteiger partial charge is 0.303 e. The van der Waals surface area contributed by atoms with E-state index in [0.717, 1.165) is 0 Å². The Balaban J connectivity index is 2.01. The van der Waals surface area contributed by atoms with E-state index in [4.69, 9.17) is 5.11 Å². The van der Waals surface area contributed by atoms with Crippen LogP contribution in [-0.2, 0) is 28.8 Å². The van der Waals surface area contributed by atoms with Crippen molar-refractivity contribution in [1.29, 1.82) is 0 Å². The fraction of sp³-hybridized carbons (Fsp3) is 0.556. The molecule has 230 valence electrons. The van der Waals surface area contributed by atoms with Crippen molar-refractivity contribution in [2.24, 2.45) is 5.92 Å². The number of rotatable bonds is 14. The number of benzene rings is 1. The number of amides is 5. The van der Waals surface area contributed by atoms with Gasteiger partial charge in [0.2, 0.25) is 29.5 Å². The van der Waals surface area contributed by atoms with Crippen molar-refractivity contribution in [3.8, 4) is 0 Å². The first-order valence-corrected chi connectivity index (χ1v) is 13.7. The summed E-state index contributed by atoms with van der Waals surface area (Å²) < 4.78 is 0. The number of carbonyl (C=O) groups excluding carboxylic acids is 5. The van der Waals surface area contributed by atoms with Crippen LogP contribution in [0, 0.1) is 16.0 Å². The molecule has 0 radical (unpaired) electrons. The first-order chi connectivity index (χ1) is 19.7. The third kappa shape index (κ3) is 10.1. The van der Waals surface area contributed by atoms with Gasteiger partial charge in [0.1, 0.15) is 24.2 Å². The Hall–Kier alpha value is -4.56. The molecule has 1 heterocycles. The predicted octanol–water partition coefficient (Wildman–Crippen LogP) is 0.929. The molecule has 42 heavy (non-hydrogen) atoms. The summed E-state index contributed by atoms with van der Waals surface area (Å²) in [6.07, 6.45) is 0.505. The number of aliphatic carboxylic acids is 1. The van der Waals surface area contributed by atoms with Gasteiger partial charge in [-0.15, -0.1) is 0 Å². The molecule has 0 unspecified atom stereocenters. The van der Waals surface area contributed by atoms with Crippen molar-refractivity contribution in [3.05, 3.63) is 34.4 Å². The van der Waals surface area contributed by atoms with Crippen molar-refractivity contribution in [2.45, 2.75) is 84.0 Å². The van der Waals surface area contributed by atoms with Gasteiger partial charge >= 0.3 is 5.97 Å². The van der Waals surface area contributed by atoms with E-state index in [1.165, 1.54) is 43.0 Å². The molecule has 1 fully saturated rings. The highest BCUT2D eigenvalue weighted by atomic mass is 16.6. The zero-order valence-electron chi connectivity index (χ0n) is 24.0. The van der Waals surface area contributed by atoms with Gasteiger partial charge in [-0.1, -0.05) is 13.8 Å². The number of nitrogens with zero attached hydrogens (tertiary/aromatic N) is 2. The molecular formula is C27H38N6O9. The van der Waals surface area contributed by atoms with E-state index in [-0.39, 0.29) is 31.0 Å². The molecule has 0 spiro atoms. The van der Waals surface area contributed by atoms with Crippen LogP contribution in [0.3, 0.4) is 0 Å². The van der Waals surface area contributed by atoms with Gasteiger partial charge in [-0.25, -0.2) is 0 Å². The summed E-state index contributed by atoms with van der Waals surface area (Å²) in [5.41, 5.74) is 0.189. The van der Waals surface area contributed by atoms with E-state index >= 15 is 0 Å². The quantitative estimate of drug-likeness (QED) is 0.154. The van der Waals surface area contributed by atoms with Crippen LogP contribution in [0.1, 0.15) is 59.8 Å². The molecule has 0 bridgehead atoms. The molecule has 15 nitrogen and oxygen atoms in total. The topological polar surface area (TPSA) is 217 Å². The molecule has 1 aromatic rings. The first-order valence-electron chi connectivity index (χ1n) is 13.7. The Bertz CT molecular complexity index is 1190. The van der Waals surface area contributed by atoms with Gasteiger partial charge in [-0.05, 0) is 51.2 Å². The second kappa shape index (κ2) is 15.4. The first kappa shape index (κ1) is 33.6. The SMILES string of the molecule is CC(C)C[C@H](NC(=O)[C@@H]1CCCN1C(=O)[C@@H](C)NC(=O)[C@H](C)NC(=O)CCC(=O)O)C(=O)Nc1ccc([N+](=O)[O-])cc1. The number of nitro benzene ring substituents is 1. The van der Waals surface area contributed by atoms with Crippen molar-refractivity contribution >= 4 is 46.9 Å². The van der Waals surface area contributed by atoms with Crippen LogP contribution in [0.25, 0.3) is 0 Å². The largest absolute Gasteiger partial charge is 0.481 e. The van der Waals surface area contributed by atoms with Gasteiger partial charge < -0.3 is 31.3 Å². The molecule has 5 N–H and O–H groups in total. The fourth-order valence-electron chi connectivity index (χ4n) is 4.42. The van der Waals surface area contributed by atoms with E-state index in [1.54, 1.807) is 0 Å². The number of carboxylic acids is 1. The molecule has 1 aromatic carbocycles. The summed E-state index contributed by atoms with van der Waals surface area (Å²) in [6.45, 7) is 6.87. The molecule has 0 aliphatic carbocycles. The van der Waals surface area contributed by atoms with Crippen LogP contribution in [0.2, 0.25) is 0 Å². The average Bonchev–Trinajstić information content (AvgIpc) is 3.41. The Kier molecular flexibility index (Phi) is 12.4. The van der Waals surface area contributed by atoms with Crippen molar-refractivity contribution in [1.82, 2.24) is 20.9 Å². The second-order valence-electron chi connectivity index (χ2n) is 10.6. The standard InChI is InChI=1S/C27H38N6O9/c1-15(2)14-20(25(38)30-18-7-9-19(10-8-18)33(41)42)31-26(39)21-6-5-13-32(21)27(40)17(4)29-24(37)16(3)28-22(34)11-12-23(35)36/h7-10,15-17,20-21H,5-6,11-14H2,1-4H3,(H,28,34)(H,29,37)(H,30,38)(H,31,39)(H,35,36)/t16-,17+,20-,21-/m0/s1. The van der Waals surface area contributed by atoms with Gasteiger partial charge in [-0.2, -0.15) is 0 Å². The van der Waals surface area contributed by atoms with Gasteiger partial charge in [-0.3, -0.25) is 38.9 Å². The lowest BCUT2D eigenvalue weighted by Crippen LogP contribution is -2.56. The fourth-order valence-corrected chi connectivity index (χ4v) is 4.42. The molecule has 1 saturated heterocycles. The summed E-state index contributed by atoms with van der Waals surface area (Å²) in [6, 6.07) is 1.43. The maximum Gasteiger partial charge on any atom is 0.303 e. The lowest BCUT2D eigenvalue weighted by atomic mass is 10.0. The summed E-state index contributed by atoms with van der Waals surface area (Å²) in [7, 11) is 0. The molecule has 1 aliphatic rings. The number of hydrogen-bond donors (Lipinski definition) is 5. The molecule has 0 saturated carbocycles. The predicted molar refractivity (Wildman–Crippen MR) is 150 cm³/mol. The van der Waals surface area contributed by atoms with Crippen molar-refractivity contribution < 1.29 is 38.8 Å². The number of hydrogen-bond acceptors (Lipinski definition) is 8. The number of likely N-dealkylation sites (tertiary alicyclic amines) is 1. The van der Waals surface area contributed by atoms with E-state index < -0.39 is 64.6 Å². The molecule has 2 rings (SSSR count). The lowest BCUT2D eigenvalue weighted by molar-refractivity contribution is -0.384. The minimum Gasteiger partial charge on any atom is -0.481 e. The zero-order valence-corrected chi connectivity index (χ0v) is 24.0. The van der Waals surface area contributed by atoms with Crippen LogP contribution in [-0.4, -0.2) is 81.1 Å².